The highest BCUT2D eigenvalue weighted by Gasteiger charge is 2.12. The van der Waals surface area contributed by atoms with Crippen molar-refractivity contribution in [2.45, 2.75) is 6.61 Å². The third-order valence-electron chi connectivity index (χ3n) is 5.63. The van der Waals surface area contributed by atoms with Crippen LogP contribution >= 0.6 is 0 Å². The first-order valence-corrected chi connectivity index (χ1v) is 11.2. The molecule has 0 spiro atoms. The molecule has 0 saturated carbocycles. The number of morpholine rings is 1. The number of rotatable bonds is 8. The van der Waals surface area contributed by atoms with Crippen molar-refractivity contribution in [2.75, 3.05) is 38.3 Å². The van der Waals surface area contributed by atoms with E-state index in [4.69, 9.17) is 14.2 Å². The number of allylic oxidation sites excluding steroid dienone is 1. The van der Waals surface area contributed by atoms with Gasteiger partial charge in [0.1, 0.15) is 12.4 Å². The number of benzene rings is 3. The highest BCUT2D eigenvalue weighted by molar-refractivity contribution is 6.07. The molecule has 6 heteroatoms. The van der Waals surface area contributed by atoms with Crippen LogP contribution in [0.15, 0.2) is 78.9 Å². The zero-order valence-corrected chi connectivity index (χ0v) is 19.1. The minimum absolute atomic E-state index is 0.0678. The van der Waals surface area contributed by atoms with Gasteiger partial charge in [-0.15, -0.1) is 0 Å². The molecular formula is C28H27NO5. The van der Waals surface area contributed by atoms with Crippen LogP contribution in [0, 0.1) is 0 Å². The third-order valence-corrected chi connectivity index (χ3v) is 5.63. The SMILES string of the molecule is COC(=O)c1ccc(COc2ccccc2/C=C/C(=O)c2ccc(N3CCOCC3)cc2)cc1. The maximum absolute atomic E-state index is 12.7. The van der Waals surface area contributed by atoms with Crippen molar-refractivity contribution in [3.05, 3.63) is 101 Å². The van der Waals surface area contributed by atoms with Crippen LogP contribution in [0.2, 0.25) is 0 Å². The molecule has 3 aromatic rings. The Morgan fingerprint density at radius 2 is 1.59 bits per heavy atom. The van der Waals surface area contributed by atoms with Crippen molar-refractivity contribution < 1.29 is 23.8 Å². The first kappa shape index (κ1) is 23.3. The molecule has 1 aliphatic rings. The van der Waals surface area contributed by atoms with Gasteiger partial charge >= 0.3 is 5.97 Å². The number of esters is 1. The molecule has 6 nitrogen and oxygen atoms in total. The van der Waals surface area contributed by atoms with E-state index in [1.165, 1.54) is 7.11 Å². The van der Waals surface area contributed by atoms with Gasteiger partial charge in [-0.2, -0.15) is 0 Å². The monoisotopic (exact) mass is 457 g/mol. The number of para-hydroxylation sites is 1. The fourth-order valence-electron chi connectivity index (χ4n) is 3.69. The number of carbonyl (C=O) groups is 2. The summed E-state index contributed by atoms with van der Waals surface area (Å²) in [6, 6.07) is 22.3. The van der Waals surface area contributed by atoms with E-state index in [2.05, 4.69) is 4.90 Å². The average molecular weight is 458 g/mol. The molecule has 1 fully saturated rings. The summed E-state index contributed by atoms with van der Waals surface area (Å²) in [4.78, 5) is 26.5. The molecule has 1 saturated heterocycles. The fourth-order valence-corrected chi connectivity index (χ4v) is 3.69. The van der Waals surface area contributed by atoms with Crippen LogP contribution in [-0.2, 0) is 16.1 Å². The molecule has 1 heterocycles. The second-order valence-corrected chi connectivity index (χ2v) is 7.86. The maximum Gasteiger partial charge on any atom is 0.337 e. The van der Waals surface area contributed by atoms with Crippen molar-refractivity contribution in [1.29, 1.82) is 0 Å². The van der Waals surface area contributed by atoms with Crippen molar-refractivity contribution in [2.24, 2.45) is 0 Å². The van der Waals surface area contributed by atoms with E-state index in [0.29, 0.717) is 23.5 Å². The van der Waals surface area contributed by atoms with Crippen LogP contribution in [0.1, 0.15) is 31.8 Å². The van der Waals surface area contributed by atoms with E-state index in [9.17, 15) is 9.59 Å². The van der Waals surface area contributed by atoms with Crippen molar-refractivity contribution in [3.63, 3.8) is 0 Å². The van der Waals surface area contributed by atoms with Crippen LogP contribution in [0.3, 0.4) is 0 Å². The molecule has 0 atom stereocenters. The normalized spacial score (nSPS) is 13.6. The molecule has 174 valence electrons. The lowest BCUT2D eigenvalue weighted by Crippen LogP contribution is -2.36. The fraction of sp³-hybridized carbons (Fsp3) is 0.214. The van der Waals surface area contributed by atoms with Crippen LogP contribution in [0.4, 0.5) is 5.69 Å². The third kappa shape index (κ3) is 5.91. The number of nitrogens with zero attached hydrogens (tertiary/aromatic N) is 1. The minimum atomic E-state index is -0.372. The Balaban J connectivity index is 1.38. The lowest BCUT2D eigenvalue weighted by Gasteiger charge is -2.28. The number of carbonyl (C=O) groups excluding carboxylic acids is 2. The zero-order valence-electron chi connectivity index (χ0n) is 19.1. The number of ketones is 1. The van der Waals surface area contributed by atoms with Crippen LogP contribution in [0.25, 0.3) is 6.08 Å². The molecule has 1 aliphatic heterocycles. The van der Waals surface area contributed by atoms with Crippen molar-refractivity contribution in [3.8, 4) is 5.75 Å². The number of hydrogen-bond donors (Lipinski definition) is 0. The van der Waals surface area contributed by atoms with E-state index >= 15 is 0 Å². The van der Waals surface area contributed by atoms with Gasteiger partial charge in [-0.1, -0.05) is 30.3 Å². The van der Waals surface area contributed by atoms with E-state index in [1.807, 2.05) is 60.7 Å². The molecular weight excluding hydrogens is 430 g/mol. The Hall–Kier alpha value is -3.90. The molecule has 0 N–H and O–H groups in total. The van der Waals surface area contributed by atoms with E-state index in [1.54, 1.807) is 24.3 Å². The predicted molar refractivity (Wildman–Crippen MR) is 131 cm³/mol. The number of anilines is 1. The summed E-state index contributed by atoms with van der Waals surface area (Å²) in [7, 11) is 1.36. The van der Waals surface area contributed by atoms with Crippen molar-refractivity contribution >= 4 is 23.5 Å². The van der Waals surface area contributed by atoms with Gasteiger partial charge in [0.05, 0.1) is 25.9 Å². The Kier molecular flexibility index (Phi) is 7.73. The highest BCUT2D eigenvalue weighted by Crippen LogP contribution is 2.22. The van der Waals surface area contributed by atoms with Gasteiger partial charge in [0.15, 0.2) is 5.78 Å². The van der Waals surface area contributed by atoms with E-state index in [-0.39, 0.29) is 11.8 Å². The molecule has 0 bridgehead atoms. The second kappa shape index (κ2) is 11.3. The Labute approximate surface area is 199 Å². The molecule has 0 radical (unpaired) electrons. The Bertz CT molecular complexity index is 1150. The summed E-state index contributed by atoms with van der Waals surface area (Å²) in [5.41, 5.74) is 3.96. The van der Waals surface area contributed by atoms with E-state index < -0.39 is 0 Å². The Morgan fingerprint density at radius 3 is 2.29 bits per heavy atom. The molecule has 4 rings (SSSR count). The summed E-state index contributed by atoms with van der Waals surface area (Å²) in [6.45, 7) is 3.51. The van der Waals surface area contributed by atoms with Gasteiger partial charge in [-0.25, -0.2) is 4.79 Å². The largest absolute Gasteiger partial charge is 0.488 e. The summed E-state index contributed by atoms with van der Waals surface area (Å²) in [5.74, 6) is 0.233. The minimum Gasteiger partial charge on any atom is -0.488 e. The number of hydrogen-bond acceptors (Lipinski definition) is 6. The molecule has 0 unspecified atom stereocenters. The molecule has 0 aliphatic carbocycles. The molecule has 0 amide bonds. The molecule has 34 heavy (non-hydrogen) atoms. The summed E-state index contributed by atoms with van der Waals surface area (Å²) in [5, 5.41) is 0. The van der Waals surface area contributed by atoms with Crippen molar-refractivity contribution in [1.82, 2.24) is 0 Å². The van der Waals surface area contributed by atoms with Gasteiger partial charge in [-0.3, -0.25) is 4.79 Å². The average Bonchev–Trinajstić information content (AvgIpc) is 2.91. The maximum atomic E-state index is 12.7. The van der Waals surface area contributed by atoms with E-state index in [0.717, 1.165) is 43.1 Å². The quantitative estimate of drug-likeness (QED) is 0.275. The predicted octanol–water partition coefficient (Wildman–Crippen LogP) is 4.78. The van der Waals surface area contributed by atoms with Gasteiger partial charge < -0.3 is 19.1 Å². The molecule has 0 aromatic heterocycles. The smallest absolute Gasteiger partial charge is 0.337 e. The Morgan fingerprint density at radius 1 is 0.912 bits per heavy atom. The van der Waals surface area contributed by atoms with Crippen LogP contribution in [-0.4, -0.2) is 45.2 Å². The van der Waals surface area contributed by atoms with Crippen LogP contribution in [0.5, 0.6) is 5.75 Å². The summed E-state index contributed by atoms with van der Waals surface area (Å²) < 4.78 is 16.1. The number of methoxy groups -OCH3 is 1. The van der Waals surface area contributed by atoms with Gasteiger partial charge in [0, 0.05) is 29.9 Å². The number of ether oxygens (including phenoxy) is 3. The standard InChI is InChI=1S/C28H27NO5/c1-32-28(31)24-8-6-21(7-9-24)20-34-27-5-3-2-4-23(27)12-15-26(30)22-10-13-25(14-11-22)29-16-18-33-19-17-29/h2-15H,16-20H2,1H3/b15-12+. The first-order chi connectivity index (χ1) is 16.6. The summed E-state index contributed by atoms with van der Waals surface area (Å²) in [6.07, 6.45) is 3.34. The lowest BCUT2D eigenvalue weighted by atomic mass is 10.1. The zero-order chi connectivity index (χ0) is 23.8. The van der Waals surface area contributed by atoms with Gasteiger partial charge in [0.25, 0.3) is 0 Å². The first-order valence-electron chi connectivity index (χ1n) is 11.2. The summed E-state index contributed by atoms with van der Waals surface area (Å²) >= 11 is 0. The van der Waals surface area contributed by atoms with Gasteiger partial charge in [-0.05, 0) is 60.2 Å². The van der Waals surface area contributed by atoms with Gasteiger partial charge in [0.2, 0.25) is 0 Å². The molecule has 3 aromatic carbocycles. The topological polar surface area (TPSA) is 65.1 Å². The lowest BCUT2D eigenvalue weighted by molar-refractivity contribution is 0.0600. The highest BCUT2D eigenvalue weighted by atomic mass is 16.5. The second-order valence-electron chi connectivity index (χ2n) is 7.86. The van der Waals surface area contributed by atoms with Crippen LogP contribution < -0.4 is 9.64 Å².